The Morgan fingerprint density at radius 3 is 2.53 bits per heavy atom. The number of carbonyl (C=O) groups is 1. The predicted octanol–water partition coefficient (Wildman–Crippen LogP) is 4.09. The van der Waals surface area contributed by atoms with Crippen molar-refractivity contribution in [3.8, 4) is 0 Å². The Kier molecular flexibility index (Phi) is 5.74. The van der Waals surface area contributed by atoms with Gasteiger partial charge in [0.2, 0.25) is 0 Å². The molecule has 1 aliphatic rings. The standard InChI is InChI=1S/C21H22ClN3O3S2/c1-14(2)30(27,28)17-5-3-4-15(12-17)20(26)24-8-10-25(11-9-24)21-23-18-7-6-16(22)13-19(18)29-21/h3-7,12-14H,8-11H2,1-2H3. The van der Waals surface area contributed by atoms with Crippen molar-refractivity contribution >= 4 is 54.0 Å². The topological polar surface area (TPSA) is 70.6 Å². The summed E-state index contributed by atoms with van der Waals surface area (Å²) >= 11 is 7.66. The van der Waals surface area contributed by atoms with E-state index in [1.54, 1.807) is 48.3 Å². The maximum atomic E-state index is 13.0. The molecule has 0 bridgehead atoms. The maximum absolute atomic E-state index is 13.0. The second-order valence-electron chi connectivity index (χ2n) is 7.51. The molecule has 9 heteroatoms. The molecule has 1 aromatic heterocycles. The van der Waals surface area contributed by atoms with Gasteiger partial charge in [-0.15, -0.1) is 0 Å². The van der Waals surface area contributed by atoms with Crippen molar-refractivity contribution in [2.45, 2.75) is 24.0 Å². The molecule has 0 radical (unpaired) electrons. The zero-order valence-electron chi connectivity index (χ0n) is 16.7. The lowest BCUT2D eigenvalue weighted by Gasteiger charge is -2.34. The minimum atomic E-state index is -3.42. The number of thiazole rings is 1. The number of sulfone groups is 1. The van der Waals surface area contributed by atoms with Crippen LogP contribution in [0, 0.1) is 0 Å². The highest BCUT2D eigenvalue weighted by Gasteiger charge is 2.26. The van der Waals surface area contributed by atoms with Gasteiger partial charge < -0.3 is 9.80 Å². The molecule has 0 atom stereocenters. The van der Waals surface area contributed by atoms with Gasteiger partial charge in [0, 0.05) is 36.8 Å². The molecule has 1 saturated heterocycles. The first-order valence-corrected chi connectivity index (χ1v) is 12.4. The molecule has 0 N–H and O–H groups in total. The number of hydrogen-bond acceptors (Lipinski definition) is 6. The van der Waals surface area contributed by atoms with E-state index in [1.807, 2.05) is 18.2 Å². The fourth-order valence-electron chi connectivity index (χ4n) is 3.38. The van der Waals surface area contributed by atoms with Gasteiger partial charge in [-0.3, -0.25) is 4.79 Å². The summed E-state index contributed by atoms with van der Waals surface area (Å²) in [5.74, 6) is -0.147. The summed E-state index contributed by atoms with van der Waals surface area (Å²) in [5, 5.41) is 1.08. The molecule has 0 spiro atoms. The quantitative estimate of drug-likeness (QED) is 0.582. The number of benzene rings is 2. The Balaban J connectivity index is 1.47. The van der Waals surface area contributed by atoms with E-state index in [0.717, 1.165) is 15.3 Å². The molecule has 4 rings (SSSR count). The van der Waals surface area contributed by atoms with Crippen molar-refractivity contribution in [2.24, 2.45) is 0 Å². The molecule has 0 unspecified atom stereocenters. The second-order valence-corrected chi connectivity index (χ2v) is 11.5. The highest BCUT2D eigenvalue weighted by molar-refractivity contribution is 7.92. The Morgan fingerprint density at radius 2 is 1.83 bits per heavy atom. The first-order valence-electron chi connectivity index (χ1n) is 9.70. The van der Waals surface area contributed by atoms with E-state index < -0.39 is 15.1 Å². The van der Waals surface area contributed by atoms with Crippen LogP contribution in [0.4, 0.5) is 5.13 Å². The number of carbonyl (C=O) groups excluding carboxylic acids is 1. The second kappa shape index (κ2) is 8.17. The van der Waals surface area contributed by atoms with Gasteiger partial charge in [-0.1, -0.05) is 29.0 Å². The zero-order chi connectivity index (χ0) is 21.5. The first kappa shape index (κ1) is 21.1. The van der Waals surface area contributed by atoms with Crippen LogP contribution in [0.3, 0.4) is 0 Å². The van der Waals surface area contributed by atoms with Gasteiger partial charge in [0.05, 0.1) is 20.4 Å². The van der Waals surface area contributed by atoms with Crippen LogP contribution in [-0.4, -0.2) is 55.6 Å². The van der Waals surface area contributed by atoms with E-state index in [9.17, 15) is 13.2 Å². The summed E-state index contributed by atoms with van der Waals surface area (Å²) in [6.07, 6.45) is 0. The number of halogens is 1. The predicted molar refractivity (Wildman–Crippen MR) is 122 cm³/mol. The van der Waals surface area contributed by atoms with Crippen molar-refractivity contribution < 1.29 is 13.2 Å². The van der Waals surface area contributed by atoms with Gasteiger partial charge in [-0.25, -0.2) is 13.4 Å². The lowest BCUT2D eigenvalue weighted by molar-refractivity contribution is 0.0746. The molecule has 6 nitrogen and oxygen atoms in total. The molecule has 2 aromatic carbocycles. The fraction of sp³-hybridized carbons (Fsp3) is 0.333. The summed E-state index contributed by atoms with van der Waals surface area (Å²) in [7, 11) is -3.42. The summed E-state index contributed by atoms with van der Waals surface area (Å²) in [6.45, 7) is 5.72. The third-order valence-corrected chi connectivity index (χ3v) is 8.67. The minimum Gasteiger partial charge on any atom is -0.345 e. The molecule has 3 aromatic rings. The average molecular weight is 464 g/mol. The Morgan fingerprint density at radius 1 is 1.10 bits per heavy atom. The van der Waals surface area contributed by atoms with E-state index in [-0.39, 0.29) is 10.8 Å². The van der Waals surface area contributed by atoms with E-state index >= 15 is 0 Å². The number of fused-ring (bicyclic) bond motifs is 1. The molecule has 1 fully saturated rings. The highest BCUT2D eigenvalue weighted by atomic mass is 35.5. The van der Waals surface area contributed by atoms with Crippen molar-refractivity contribution in [1.29, 1.82) is 0 Å². The van der Waals surface area contributed by atoms with E-state index in [1.165, 1.54) is 6.07 Å². The third kappa shape index (κ3) is 4.04. The lowest BCUT2D eigenvalue weighted by Crippen LogP contribution is -2.48. The summed E-state index contributed by atoms with van der Waals surface area (Å²) in [4.78, 5) is 21.8. The molecular weight excluding hydrogens is 442 g/mol. The zero-order valence-corrected chi connectivity index (χ0v) is 19.1. The largest absolute Gasteiger partial charge is 0.345 e. The highest BCUT2D eigenvalue weighted by Crippen LogP contribution is 2.31. The van der Waals surface area contributed by atoms with Crippen LogP contribution in [0.15, 0.2) is 47.4 Å². The first-order chi connectivity index (χ1) is 14.3. The number of anilines is 1. The third-order valence-electron chi connectivity index (χ3n) is 5.21. The summed E-state index contributed by atoms with van der Waals surface area (Å²) in [5.41, 5.74) is 1.32. The molecular formula is C21H22ClN3O3S2. The van der Waals surface area contributed by atoms with Crippen LogP contribution in [0.2, 0.25) is 5.02 Å². The maximum Gasteiger partial charge on any atom is 0.254 e. The number of nitrogens with zero attached hydrogens (tertiary/aromatic N) is 3. The van der Waals surface area contributed by atoms with Crippen molar-refractivity contribution in [3.05, 3.63) is 53.1 Å². The van der Waals surface area contributed by atoms with E-state index in [4.69, 9.17) is 11.6 Å². The van der Waals surface area contributed by atoms with E-state index in [2.05, 4.69) is 9.88 Å². The van der Waals surface area contributed by atoms with Crippen LogP contribution >= 0.6 is 22.9 Å². The minimum absolute atomic E-state index is 0.147. The van der Waals surface area contributed by atoms with Gasteiger partial charge in [-0.2, -0.15) is 0 Å². The number of amides is 1. The normalized spacial score (nSPS) is 15.2. The van der Waals surface area contributed by atoms with Gasteiger partial charge in [-0.05, 0) is 50.2 Å². The Hall–Kier alpha value is -2.16. The molecule has 2 heterocycles. The number of aromatic nitrogens is 1. The lowest BCUT2D eigenvalue weighted by atomic mass is 10.2. The van der Waals surface area contributed by atoms with Crippen LogP contribution in [0.1, 0.15) is 24.2 Å². The van der Waals surface area contributed by atoms with Gasteiger partial charge >= 0.3 is 0 Å². The molecule has 0 aliphatic carbocycles. The summed E-state index contributed by atoms with van der Waals surface area (Å²) < 4.78 is 25.9. The van der Waals surface area contributed by atoms with Crippen molar-refractivity contribution in [2.75, 3.05) is 31.1 Å². The van der Waals surface area contributed by atoms with Crippen LogP contribution in [0.25, 0.3) is 10.2 Å². The number of hydrogen-bond donors (Lipinski definition) is 0. The monoisotopic (exact) mass is 463 g/mol. The molecule has 1 amide bonds. The smallest absolute Gasteiger partial charge is 0.254 e. The average Bonchev–Trinajstić information content (AvgIpc) is 3.16. The SMILES string of the molecule is CC(C)S(=O)(=O)c1cccc(C(=O)N2CCN(c3nc4ccc(Cl)cc4s3)CC2)c1. The van der Waals surface area contributed by atoms with Crippen LogP contribution in [-0.2, 0) is 9.84 Å². The van der Waals surface area contributed by atoms with Crippen LogP contribution in [0.5, 0.6) is 0 Å². The molecule has 30 heavy (non-hydrogen) atoms. The van der Waals surface area contributed by atoms with Crippen LogP contribution < -0.4 is 4.90 Å². The van der Waals surface area contributed by atoms with E-state index in [0.29, 0.717) is 36.8 Å². The van der Waals surface area contributed by atoms with Crippen molar-refractivity contribution in [3.63, 3.8) is 0 Å². The number of piperazine rings is 1. The molecule has 1 aliphatic heterocycles. The van der Waals surface area contributed by atoms with Crippen molar-refractivity contribution in [1.82, 2.24) is 9.88 Å². The fourth-order valence-corrected chi connectivity index (χ4v) is 5.78. The Bertz CT molecular complexity index is 1200. The van der Waals surface area contributed by atoms with Gasteiger partial charge in [0.1, 0.15) is 0 Å². The van der Waals surface area contributed by atoms with Gasteiger partial charge in [0.15, 0.2) is 15.0 Å². The number of rotatable bonds is 4. The molecule has 158 valence electrons. The summed E-state index contributed by atoms with van der Waals surface area (Å²) in [6, 6.07) is 12.0. The van der Waals surface area contributed by atoms with Gasteiger partial charge in [0.25, 0.3) is 5.91 Å². The Labute approximate surface area is 185 Å². The molecule has 0 saturated carbocycles.